The molecule has 7 nitrogen and oxygen atoms in total. The van der Waals surface area contributed by atoms with Crippen molar-refractivity contribution in [2.45, 2.75) is 261 Å². The number of carbonyl (C=O) groups excluding carboxylic acids is 3. The number of hydrogen-bond donors (Lipinski definition) is 1. The summed E-state index contributed by atoms with van der Waals surface area (Å²) in [7, 11) is 0. The van der Waals surface area contributed by atoms with Crippen molar-refractivity contribution in [3.63, 3.8) is 0 Å². The summed E-state index contributed by atoms with van der Waals surface area (Å²) >= 11 is 0. The van der Waals surface area contributed by atoms with Crippen LogP contribution in [-0.4, -0.2) is 49.4 Å². The lowest BCUT2D eigenvalue weighted by Crippen LogP contribution is -2.58. The second-order valence-corrected chi connectivity index (χ2v) is 21.8. The smallest absolute Gasteiger partial charge is 0.306 e. The summed E-state index contributed by atoms with van der Waals surface area (Å²) in [6, 6.07) is 0. The lowest BCUT2D eigenvalue weighted by molar-refractivity contribution is -0.194. The first-order chi connectivity index (χ1) is 29.3. The zero-order chi connectivity index (χ0) is 45.0. The third kappa shape index (κ3) is 22.2. The van der Waals surface area contributed by atoms with Crippen LogP contribution in [0.25, 0.3) is 0 Å². The summed E-state index contributed by atoms with van der Waals surface area (Å²) in [6.45, 7) is 18.7. The van der Waals surface area contributed by atoms with E-state index in [9.17, 15) is 19.5 Å². The van der Waals surface area contributed by atoms with E-state index in [1.54, 1.807) is 0 Å². The molecule has 0 aromatic rings. The van der Waals surface area contributed by atoms with E-state index in [4.69, 9.17) is 14.2 Å². The average molecular weight is 861 g/mol. The van der Waals surface area contributed by atoms with Crippen LogP contribution in [-0.2, 0) is 28.6 Å². The van der Waals surface area contributed by atoms with Gasteiger partial charge in [0.25, 0.3) is 0 Å². The fraction of sp³-hybridized carbons (Fsp3) is 0.944. The molecule has 2 bridgehead atoms. The molecule has 2 unspecified atom stereocenters. The minimum atomic E-state index is -0.428. The summed E-state index contributed by atoms with van der Waals surface area (Å²) < 4.78 is 19.1. The predicted molar refractivity (Wildman–Crippen MR) is 253 cm³/mol. The van der Waals surface area contributed by atoms with Crippen LogP contribution < -0.4 is 0 Å². The molecule has 2 aliphatic rings. The molecular weight excluding hydrogens is 761 g/mol. The lowest BCUT2D eigenvalue weighted by atomic mass is 9.44. The quantitative estimate of drug-likeness (QED) is 0.0377. The number of aliphatic hydroxyl groups is 1. The molecule has 2 saturated carbocycles. The maximum Gasteiger partial charge on any atom is 0.306 e. The minimum Gasteiger partial charge on any atom is -0.465 e. The van der Waals surface area contributed by atoms with Gasteiger partial charge in [0, 0.05) is 42.1 Å². The van der Waals surface area contributed by atoms with Crippen LogP contribution in [0.1, 0.15) is 261 Å². The summed E-state index contributed by atoms with van der Waals surface area (Å²) in [5.74, 6) is 0.693. The molecule has 1 N–H and O–H groups in total. The van der Waals surface area contributed by atoms with Gasteiger partial charge in [-0.05, 0) is 93.8 Å². The Morgan fingerprint density at radius 1 is 0.410 bits per heavy atom. The van der Waals surface area contributed by atoms with Gasteiger partial charge in [0.2, 0.25) is 0 Å². The van der Waals surface area contributed by atoms with Gasteiger partial charge in [0.1, 0.15) is 0 Å². The number of aliphatic hydroxyl groups excluding tert-OH is 1. The van der Waals surface area contributed by atoms with Crippen molar-refractivity contribution in [2.75, 3.05) is 26.4 Å². The fourth-order valence-corrected chi connectivity index (χ4v) is 12.2. The number of esters is 3. The monoisotopic (exact) mass is 861 g/mol. The van der Waals surface area contributed by atoms with Crippen LogP contribution >= 0.6 is 0 Å². The van der Waals surface area contributed by atoms with Gasteiger partial charge >= 0.3 is 17.9 Å². The number of carbonyl (C=O) groups is 3. The van der Waals surface area contributed by atoms with Crippen LogP contribution in [0.15, 0.2) is 0 Å². The maximum atomic E-state index is 13.8. The second kappa shape index (κ2) is 30.5. The van der Waals surface area contributed by atoms with E-state index in [1.165, 1.54) is 77.0 Å². The van der Waals surface area contributed by atoms with Crippen molar-refractivity contribution in [1.82, 2.24) is 0 Å². The Kier molecular flexibility index (Phi) is 27.7. The van der Waals surface area contributed by atoms with Gasteiger partial charge in [-0.25, -0.2) is 0 Å². The normalized spacial score (nSPS) is 23.8. The highest BCUT2D eigenvalue weighted by molar-refractivity contribution is 5.70. The topological polar surface area (TPSA) is 99.1 Å². The average Bonchev–Trinajstić information content (AvgIpc) is 3.21. The van der Waals surface area contributed by atoms with E-state index in [2.05, 4.69) is 55.4 Å². The molecule has 0 spiro atoms. The molecule has 0 aromatic heterocycles. The van der Waals surface area contributed by atoms with Gasteiger partial charge in [-0.15, -0.1) is 0 Å². The standard InChI is InChI=1S/C54H100O7/c1-9-15-21-27-45(28-22-16-10-2)33-48(56)59-42-52(8)38-53(43-60-49(57)34-46(29-23-17-11-3)30-24-18-12-4)36-51(7,41-55)37-54(39-52,40-53)44-61-50(58)35-47(31-25-19-13-5)32-26-20-14-6/h45-47,55H,9-44H2,1-8H3. The van der Waals surface area contributed by atoms with Gasteiger partial charge in [0.15, 0.2) is 0 Å². The Hall–Kier alpha value is -1.63. The van der Waals surface area contributed by atoms with Crippen LogP contribution in [0.2, 0.25) is 0 Å². The first-order valence-corrected chi connectivity index (χ1v) is 26.3. The minimum absolute atomic E-state index is 0.0232. The van der Waals surface area contributed by atoms with E-state index in [1.807, 2.05) is 0 Å². The first kappa shape index (κ1) is 55.5. The second-order valence-electron chi connectivity index (χ2n) is 21.8. The van der Waals surface area contributed by atoms with E-state index in [0.29, 0.717) is 56.5 Å². The third-order valence-electron chi connectivity index (χ3n) is 14.7. The molecule has 2 fully saturated rings. The largest absolute Gasteiger partial charge is 0.465 e. The molecule has 0 aromatic carbocycles. The number of unbranched alkanes of at least 4 members (excludes halogenated alkanes) is 12. The van der Waals surface area contributed by atoms with Gasteiger partial charge in [-0.1, -0.05) is 171 Å². The Bertz CT molecular complexity index is 1090. The molecule has 0 saturated heterocycles. The highest BCUT2D eigenvalue weighted by Crippen LogP contribution is 2.66. The van der Waals surface area contributed by atoms with Crippen molar-refractivity contribution in [1.29, 1.82) is 0 Å². The van der Waals surface area contributed by atoms with E-state index in [0.717, 1.165) is 96.3 Å². The third-order valence-corrected chi connectivity index (χ3v) is 14.7. The molecule has 2 atom stereocenters. The van der Waals surface area contributed by atoms with Gasteiger partial charge in [0.05, 0.1) is 19.8 Å². The van der Waals surface area contributed by atoms with Crippen molar-refractivity contribution in [3.8, 4) is 0 Å². The molecule has 61 heavy (non-hydrogen) atoms. The summed E-state index contributed by atoms with van der Waals surface area (Å²) in [5.41, 5.74) is -1.66. The summed E-state index contributed by atoms with van der Waals surface area (Å²) in [4.78, 5) is 41.3. The fourth-order valence-electron chi connectivity index (χ4n) is 12.2. The van der Waals surface area contributed by atoms with Crippen molar-refractivity contribution in [2.24, 2.45) is 39.4 Å². The van der Waals surface area contributed by atoms with Gasteiger partial charge < -0.3 is 19.3 Å². The van der Waals surface area contributed by atoms with Crippen molar-refractivity contribution < 1.29 is 33.7 Å². The number of rotatable bonds is 37. The van der Waals surface area contributed by atoms with Crippen molar-refractivity contribution >= 4 is 17.9 Å². The van der Waals surface area contributed by atoms with Gasteiger partial charge in [-0.2, -0.15) is 0 Å². The Morgan fingerprint density at radius 3 is 0.934 bits per heavy atom. The highest BCUT2D eigenvalue weighted by Gasteiger charge is 2.61. The SMILES string of the molecule is CCCCCC(CCCCC)CC(=O)OCC1(C)CC2(COC(=O)CC(CCCCC)CCCCC)CC(C)(CO)CC(COC(=O)CC(CCCCC)CCCCC)(C1)C2. The predicted octanol–water partition coefficient (Wildman–Crippen LogP) is 15.1. The molecule has 0 amide bonds. The Balaban J connectivity index is 2.38. The molecule has 7 heteroatoms. The van der Waals surface area contributed by atoms with E-state index < -0.39 is 21.7 Å². The molecule has 0 aliphatic heterocycles. The zero-order valence-corrected chi connectivity index (χ0v) is 41.6. The van der Waals surface area contributed by atoms with Gasteiger partial charge in [-0.3, -0.25) is 14.4 Å². The summed E-state index contributed by atoms with van der Waals surface area (Å²) in [5, 5.41) is 11.0. The van der Waals surface area contributed by atoms with Crippen LogP contribution in [0.5, 0.6) is 0 Å². The first-order valence-electron chi connectivity index (χ1n) is 26.3. The van der Waals surface area contributed by atoms with Crippen LogP contribution in [0, 0.1) is 39.4 Å². The molecule has 0 radical (unpaired) electrons. The van der Waals surface area contributed by atoms with E-state index in [-0.39, 0.29) is 37.7 Å². The summed E-state index contributed by atoms with van der Waals surface area (Å²) in [6.07, 6.45) is 32.5. The van der Waals surface area contributed by atoms with E-state index >= 15 is 0 Å². The van der Waals surface area contributed by atoms with Crippen molar-refractivity contribution in [3.05, 3.63) is 0 Å². The van der Waals surface area contributed by atoms with Crippen LogP contribution in [0.4, 0.5) is 0 Å². The maximum absolute atomic E-state index is 13.8. The number of ether oxygens (including phenoxy) is 3. The molecule has 2 aliphatic carbocycles. The Labute approximate surface area is 377 Å². The van der Waals surface area contributed by atoms with Crippen LogP contribution in [0.3, 0.4) is 0 Å². The highest BCUT2D eigenvalue weighted by atomic mass is 16.5. The number of hydrogen-bond acceptors (Lipinski definition) is 7. The lowest BCUT2D eigenvalue weighted by Gasteiger charge is -2.62. The molecule has 0 heterocycles. The zero-order valence-electron chi connectivity index (χ0n) is 41.6. The molecule has 2 rings (SSSR count). The number of fused-ring (bicyclic) bond motifs is 2. The Morgan fingerprint density at radius 2 is 0.672 bits per heavy atom. The molecular formula is C54H100O7. The molecule has 358 valence electrons.